The molecule has 1 aromatic rings. The third-order valence-corrected chi connectivity index (χ3v) is 7.51. The van der Waals surface area contributed by atoms with E-state index in [1.165, 1.54) is 56.9 Å². The Morgan fingerprint density at radius 1 is 1.14 bits per heavy atom. The summed E-state index contributed by atoms with van der Waals surface area (Å²) in [6.45, 7) is 0. The molecule has 4 bridgehead atoms. The van der Waals surface area contributed by atoms with Gasteiger partial charge >= 0.3 is 0 Å². The maximum atomic E-state index is 12.5. The first-order valence-electron chi connectivity index (χ1n) is 10.6. The van der Waals surface area contributed by atoms with E-state index in [1.54, 1.807) is 12.1 Å². The van der Waals surface area contributed by atoms with E-state index in [0.29, 0.717) is 17.0 Å². The topological polar surface area (TPSA) is 109 Å². The van der Waals surface area contributed by atoms with E-state index in [1.807, 2.05) is 0 Å². The summed E-state index contributed by atoms with van der Waals surface area (Å²) in [5.74, 6) is 2.48. The summed E-state index contributed by atoms with van der Waals surface area (Å²) >= 11 is 0. The number of hydrogen-bond acceptors (Lipinski definition) is 6. The van der Waals surface area contributed by atoms with Crippen molar-refractivity contribution in [2.45, 2.75) is 57.0 Å². The summed E-state index contributed by atoms with van der Waals surface area (Å²) in [7, 11) is 0. The summed E-state index contributed by atoms with van der Waals surface area (Å²) in [6.07, 6.45) is 10.4. The molecule has 5 fully saturated rings. The van der Waals surface area contributed by atoms with E-state index < -0.39 is 4.92 Å². The molecule has 154 valence electrons. The van der Waals surface area contributed by atoms with E-state index in [9.17, 15) is 14.9 Å². The number of carbonyl (C=O) groups excluding carboxylic acids is 1. The molecule has 4 aliphatic carbocycles. The largest absolute Gasteiger partial charge is 0.271 e. The van der Waals surface area contributed by atoms with Crippen molar-refractivity contribution < 1.29 is 9.72 Å². The quantitative estimate of drug-likeness (QED) is 0.402. The lowest BCUT2D eigenvalue weighted by Gasteiger charge is -2.59. The predicted molar refractivity (Wildman–Crippen MR) is 108 cm³/mol. The van der Waals surface area contributed by atoms with Gasteiger partial charge in [-0.1, -0.05) is 12.1 Å². The van der Waals surface area contributed by atoms with E-state index >= 15 is 0 Å². The minimum absolute atomic E-state index is 0.000325. The summed E-state index contributed by atoms with van der Waals surface area (Å²) in [5, 5.41) is 14.8. The fraction of sp³-hybridized carbons (Fsp3) is 0.619. The van der Waals surface area contributed by atoms with Gasteiger partial charge in [0.25, 0.3) is 11.6 Å². The standard InChI is InChI=1S/C21H27N5O3/c27-20(25-22-12-13-2-1-3-17(7-13)26(28)29)18-8-19(24-23-18)21-9-14-4-15(10-21)6-16(5-14)11-21/h1-3,7,12,14-16,18-19,23-24H,4-6,8-11H2,(H,25,27)/b22-12+. The molecule has 6 rings (SSSR count). The van der Waals surface area contributed by atoms with E-state index in [0.717, 1.165) is 24.2 Å². The molecule has 2 unspecified atom stereocenters. The van der Waals surface area contributed by atoms with Crippen LogP contribution in [0.3, 0.4) is 0 Å². The van der Waals surface area contributed by atoms with E-state index in [2.05, 4.69) is 21.4 Å². The Hall–Kier alpha value is -2.32. The van der Waals surface area contributed by atoms with Crippen molar-refractivity contribution in [2.75, 3.05) is 0 Å². The number of nitro groups is 1. The summed E-state index contributed by atoms with van der Waals surface area (Å²) < 4.78 is 0. The molecular weight excluding hydrogens is 370 g/mol. The average Bonchev–Trinajstić information content (AvgIpc) is 3.18. The molecule has 0 radical (unpaired) electrons. The second-order valence-electron chi connectivity index (χ2n) is 9.50. The summed E-state index contributed by atoms with van der Waals surface area (Å²) in [5.41, 5.74) is 10.1. The predicted octanol–water partition coefficient (Wildman–Crippen LogP) is 2.50. The molecule has 0 spiro atoms. The van der Waals surface area contributed by atoms with Gasteiger partial charge in [0.2, 0.25) is 0 Å². The molecule has 1 aromatic carbocycles. The van der Waals surface area contributed by atoms with Gasteiger partial charge in [-0.25, -0.2) is 10.9 Å². The van der Waals surface area contributed by atoms with Gasteiger partial charge in [-0.2, -0.15) is 5.10 Å². The van der Waals surface area contributed by atoms with Gasteiger partial charge in [0.05, 0.1) is 11.1 Å². The summed E-state index contributed by atoms with van der Waals surface area (Å²) in [4.78, 5) is 22.9. The zero-order valence-corrected chi connectivity index (χ0v) is 16.3. The molecule has 5 aliphatic rings. The number of carbonyl (C=O) groups is 1. The fourth-order valence-corrected chi connectivity index (χ4v) is 6.70. The number of hydrogen-bond donors (Lipinski definition) is 3. The average molecular weight is 397 g/mol. The SMILES string of the molecule is O=C(N/N=C/c1cccc([N+](=O)[O-])c1)C1CC(C23CC4CC(CC(C4)C2)C3)NN1. The molecule has 8 nitrogen and oxygen atoms in total. The highest BCUT2D eigenvalue weighted by atomic mass is 16.6. The number of nitro benzene ring substituents is 1. The van der Waals surface area contributed by atoms with Crippen LogP contribution < -0.4 is 16.3 Å². The number of nitrogens with one attached hydrogen (secondary N) is 3. The van der Waals surface area contributed by atoms with Crippen LogP contribution in [0, 0.1) is 33.3 Å². The Balaban J connectivity index is 1.18. The van der Waals surface area contributed by atoms with Crippen LogP contribution in [0.15, 0.2) is 29.4 Å². The maximum absolute atomic E-state index is 12.5. The number of amides is 1. The molecule has 8 heteroatoms. The first-order chi connectivity index (χ1) is 14.0. The third kappa shape index (κ3) is 3.55. The molecule has 1 aliphatic heterocycles. The number of hydrazine groups is 1. The maximum Gasteiger partial charge on any atom is 0.270 e. The van der Waals surface area contributed by atoms with Crippen LogP contribution in [0.5, 0.6) is 0 Å². The molecule has 3 N–H and O–H groups in total. The first kappa shape index (κ1) is 18.7. The number of non-ortho nitro benzene ring substituents is 1. The van der Waals surface area contributed by atoms with Crippen LogP contribution in [-0.2, 0) is 4.79 Å². The van der Waals surface area contributed by atoms with Crippen molar-refractivity contribution in [3.05, 3.63) is 39.9 Å². The third-order valence-electron chi connectivity index (χ3n) is 7.51. The van der Waals surface area contributed by atoms with E-state index in [4.69, 9.17) is 0 Å². The van der Waals surface area contributed by atoms with Crippen molar-refractivity contribution in [2.24, 2.45) is 28.3 Å². The van der Waals surface area contributed by atoms with Gasteiger partial charge in [0.15, 0.2) is 0 Å². The van der Waals surface area contributed by atoms with Crippen LogP contribution in [0.1, 0.15) is 50.5 Å². The van der Waals surface area contributed by atoms with Crippen molar-refractivity contribution in [3.8, 4) is 0 Å². The molecule has 1 heterocycles. The molecule has 0 aromatic heterocycles. The van der Waals surface area contributed by atoms with Crippen molar-refractivity contribution in [3.63, 3.8) is 0 Å². The van der Waals surface area contributed by atoms with Gasteiger partial charge in [-0.05, 0) is 68.1 Å². The Kier molecular flexibility index (Phi) is 4.63. The lowest BCUT2D eigenvalue weighted by Crippen LogP contribution is -2.55. The van der Waals surface area contributed by atoms with Crippen molar-refractivity contribution >= 4 is 17.8 Å². The zero-order valence-electron chi connectivity index (χ0n) is 16.3. The van der Waals surface area contributed by atoms with Crippen LogP contribution in [0.4, 0.5) is 5.69 Å². The van der Waals surface area contributed by atoms with Crippen LogP contribution >= 0.6 is 0 Å². The highest BCUT2D eigenvalue weighted by Crippen LogP contribution is 2.61. The lowest BCUT2D eigenvalue weighted by atomic mass is 9.47. The zero-order chi connectivity index (χ0) is 20.0. The Labute approximate surface area is 169 Å². The Morgan fingerprint density at radius 2 is 1.83 bits per heavy atom. The van der Waals surface area contributed by atoms with Gasteiger partial charge in [0.1, 0.15) is 6.04 Å². The monoisotopic (exact) mass is 397 g/mol. The Morgan fingerprint density at radius 3 is 2.48 bits per heavy atom. The van der Waals surface area contributed by atoms with Crippen molar-refractivity contribution in [1.82, 2.24) is 16.3 Å². The number of nitrogens with zero attached hydrogens (tertiary/aromatic N) is 2. The summed E-state index contributed by atoms with van der Waals surface area (Å²) in [6, 6.07) is 6.19. The van der Waals surface area contributed by atoms with Crippen molar-refractivity contribution in [1.29, 1.82) is 0 Å². The Bertz CT molecular complexity index is 819. The fourth-order valence-electron chi connectivity index (χ4n) is 6.70. The van der Waals surface area contributed by atoms with Gasteiger partial charge in [-0.15, -0.1) is 0 Å². The molecule has 4 saturated carbocycles. The highest BCUT2D eigenvalue weighted by Gasteiger charge is 2.55. The molecule has 1 amide bonds. The molecule has 1 saturated heterocycles. The second kappa shape index (κ2) is 7.18. The van der Waals surface area contributed by atoms with Crippen LogP contribution in [0.2, 0.25) is 0 Å². The molecule has 29 heavy (non-hydrogen) atoms. The van der Waals surface area contributed by atoms with Crippen LogP contribution in [0.25, 0.3) is 0 Å². The second-order valence-corrected chi connectivity index (χ2v) is 9.50. The van der Waals surface area contributed by atoms with E-state index in [-0.39, 0.29) is 17.6 Å². The number of benzene rings is 1. The lowest BCUT2D eigenvalue weighted by molar-refractivity contribution is -0.384. The van der Waals surface area contributed by atoms with Gasteiger partial charge in [-0.3, -0.25) is 20.3 Å². The molecule has 2 atom stereocenters. The highest BCUT2D eigenvalue weighted by molar-refractivity contribution is 5.85. The van der Waals surface area contributed by atoms with Gasteiger partial charge < -0.3 is 0 Å². The number of rotatable bonds is 5. The normalized spacial score (nSPS) is 37.9. The molecular formula is C21H27N5O3. The van der Waals surface area contributed by atoms with Crippen LogP contribution in [-0.4, -0.2) is 29.1 Å². The minimum atomic E-state index is -0.450. The van der Waals surface area contributed by atoms with Gasteiger partial charge in [0, 0.05) is 23.7 Å². The number of hydrazone groups is 1. The minimum Gasteiger partial charge on any atom is -0.271 e. The first-order valence-corrected chi connectivity index (χ1v) is 10.6. The smallest absolute Gasteiger partial charge is 0.270 e.